The van der Waals surface area contributed by atoms with Gasteiger partial charge in [0.05, 0.1) is 24.1 Å². The number of aromatic nitrogens is 1. The Hall–Kier alpha value is -2.99. The Bertz CT molecular complexity index is 1300. The van der Waals surface area contributed by atoms with Crippen LogP contribution in [-0.2, 0) is 9.16 Å². The number of hydrogen-bond acceptors (Lipinski definition) is 3. The molecule has 5 heteroatoms. The second-order valence-electron chi connectivity index (χ2n) is 11.5. The molecule has 2 heterocycles. The third-order valence-corrected chi connectivity index (χ3v) is 12.9. The molecule has 0 bridgehead atoms. The van der Waals surface area contributed by atoms with Crippen LogP contribution in [0.2, 0.25) is 5.04 Å². The van der Waals surface area contributed by atoms with Crippen LogP contribution in [0.3, 0.4) is 0 Å². The van der Waals surface area contributed by atoms with E-state index < -0.39 is 8.32 Å². The van der Waals surface area contributed by atoms with Gasteiger partial charge in [-0.15, -0.1) is 0 Å². The Morgan fingerprint density at radius 1 is 0.868 bits per heavy atom. The van der Waals surface area contributed by atoms with Gasteiger partial charge in [0.25, 0.3) is 8.32 Å². The molecule has 1 saturated heterocycles. The lowest BCUT2D eigenvalue weighted by Crippen LogP contribution is -2.66. The van der Waals surface area contributed by atoms with Crippen LogP contribution < -0.4 is 10.4 Å². The van der Waals surface area contributed by atoms with Crippen molar-refractivity contribution in [1.82, 2.24) is 4.57 Å². The van der Waals surface area contributed by atoms with Gasteiger partial charge in [0, 0.05) is 18.2 Å². The van der Waals surface area contributed by atoms with Gasteiger partial charge in [-0.2, -0.15) is 0 Å². The van der Waals surface area contributed by atoms with Crippen molar-refractivity contribution in [3.8, 4) is 0 Å². The fraction of sp³-hybridized carbons (Fsp3) is 0.364. The molecule has 1 aromatic heterocycles. The van der Waals surface area contributed by atoms with Crippen molar-refractivity contribution in [2.24, 2.45) is 0 Å². The molecule has 198 valence electrons. The van der Waals surface area contributed by atoms with E-state index >= 15 is 0 Å². The summed E-state index contributed by atoms with van der Waals surface area (Å²) in [4.78, 5) is 13.1. The number of carbonyl (C=O) groups is 1. The van der Waals surface area contributed by atoms with Gasteiger partial charge in [0.1, 0.15) is 0 Å². The van der Waals surface area contributed by atoms with Gasteiger partial charge in [-0.3, -0.25) is 9.36 Å². The van der Waals surface area contributed by atoms with Crippen molar-refractivity contribution in [2.45, 2.75) is 70.1 Å². The second kappa shape index (κ2) is 11.4. The lowest BCUT2D eigenvalue weighted by Gasteiger charge is -2.43. The first-order chi connectivity index (χ1) is 18.4. The smallest absolute Gasteiger partial charge is 0.261 e. The van der Waals surface area contributed by atoms with Gasteiger partial charge >= 0.3 is 0 Å². The molecule has 4 aromatic rings. The molecule has 4 nitrogen and oxygen atoms in total. The molecule has 0 amide bonds. The van der Waals surface area contributed by atoms with E-state index in [1.165, 1.54) is 10.4 Å². The maximum Gasteiger partial charge on any atom is 0.261 e. The number of carbonyl (C=O) groups excluding carboxylic acids is 1. The minimum atomic E-state index is -2.55. The van der Waals surface area contributed by atoms with E-state index in [1.54, 1.807) is 4.57 Å². The van der Waals surface area contributed by atoms with Crippen molar-refractivity contribution in [3.05, 3.63) is 97.2 Å². The third kappa shape index (κ3) is 5.42. The molecule has 1 aliphatic rings. The molecule has 2 atom stereocenters. The first-order valence-electron chi connectivity index (χ1n) is 13.9. The Morgan fingerprint density at radius 2 is 1.47 bits per heavy atom. The fourth-order valence-electron chi connectivity index (χ4n) is 6.04. The third-order valence-electron chi connectivity index (χ3n) is 7.88. The molecule has 1 aliphatic heterocycles. The van der Waals surface area contributed by atoms with Crippen LogP contribution in [0.1, 0.15) is 57.7 Å². The largest absolute Gasteiger partial charge is 0.407 e. The topological polar surface area (TPSA) is 40.5 Å². The molecule has 1 fully saturated rings. The Labute approximate surface area is 227 Å². The normalized spacial score (nSPS) is 18.5. The van der Waals surface area contributed by atoms with Crippen molar-refractivity contribution in [2.75, 3.05) is 6.61 Å². The summed E-state index contributed by atoms with van der Waals surface area (Å²) in [5, 5.41) is 3.64. The number of rotatable bonds is 8. The summed E-state index contributed by atoms with van der Waals surface area (Å²) in [7, 11) is -2.55. The zero-order valence-corrected chi connectivity index (χ0v) is 23.8. The molecular formula is C33H39NO3Si. The lowest BCUT2D eigenvalue weighted by molar-refractivity contribution is -0.0574. The monoisotopic (exact) mass is 525 g/mol. The summed E-state index contributed by atoms with van der Waals surface area (Å²) < 4.78 is 15.3. The average molecular weight is 526 g/mol. The number of ether oxygens (including phenoxy) is 1. The number of nitrogens with zero attached hydrogens (tertiary/aromatic N) is 1. The highest BCUT2D eigenvalue weighted by atomic mass is 28.4. The number of para-hydroxylation sites is 1. The minimum absolute atomic E-state index is 0.0440. The standard InChI is InChI=1S/C33H39NO3Si/c1-33(2,3)38(29-16-6-4-7-17-29,30-18-8-5-9-19-30)36-24-22-27-14-12-15-28(37-27)25-32(35)34-23-21-26-13-10-11-20-31(26)34/h4-11,13,16-21,23,27-28H,12,14-15,22,24-25H2,1-3H3/t27-,28+/m0/s1. The van der Waals surface area contributed by atoms with E-state index in [4.69, 9.17) is 9.16 Å². The highest BCUT2D eigenvalue weighted by Gasteiger charge is 2.50. The highest BCUT2D eigenvalue weighted by Crippen LogP contribution is 2.37. The quantitative estimate of drug-likeness (QED) is 0.244. The maximum absolute atomic E-state index is 13.1. The number of fused-ring (bicyclic) bond motifs is 1. The lowest BCUT2D eigenvalue weighted by atomic mass is 10.00. The van der Waals surface area contributed by atoms with E-state index in [-0.39, 0.29) is 23.2 Å². The Kier molecular flexibility index (Phi) is 7.98. The molecule has 0 radical (unpaired) electrons. The van der Waals surface area contributed by atoms with E-state index in [9.17, 15) is 4.79 Å². The zero-order valence-electron chi connectivity index (χ0n) is 22.8. The van der Waals surface area contributed by atoms with Crippen LogP contribution in [-0.4, -0.2) is 37.6 Å². The Balaban J connectivity index is 1.27. The van der Waals surface area contributed by atoms with E-state index in [0.29, 0.717) is 13.0 Å². The average Bonchev–Trinajstić information content (AvgIpc) is 3.36. The summed E-state index contributed by atoms with van der Waals surface area (Å²) in [6.45, 7) is 7.57. The zero-order chi connectivity index (χ0) is 26.6. The molecule has 3 aromatic carbocycles. The van der Waals surface area contributed by atoms with Gasteiger partial charge in [0.15, 0.2) is 0 Å². The minimum Gasteiger partial charge on any atom is -0.407 e. The van der Waals surface area contributed by atoms with Gasteiger partial charge in [-0.05, 0) is 53.2 Å². The number of benzene rings is 3. The SMILES string of the molecule is CC(C)(C)[Si](OCC[C@@H]1CCC[C@H](CC(=O)n2ccc3ccccc32)O1)(c1ccccc1)c1ccccc1. The molecule has 0 spiro atoms. The predicted octanol–water partition coefficient (Wildman–Crippen LogP) is 6.58. The molecule has 0 N–H and O–H groups in total. The summed E-state index contributed by atoms with van der Waals surface area (Å²) in [5.41, 5.74) is 0.962. The van der Waals surface area contributed by atoms with E-state index in [0.717, 1.165) is 36.6 Å². The van der Waals surface area contributed by atoms with Crippen molar-refractivity contribution in [3.63, 3.8) is 0 Å². The fourth-order valence-corrected chi connectivity index (χ4v) is 10.6. The molecule has 0 saturated carbocycles. The van der Waals surface area contributed by atoms with Gasteiger partial charge < -0.3 is 9.16 Å². The highest BCUT2D eigenvalue weighted by molar-refractivity contribution is 6.99. The summed E-state index contributed by atoms with van der Waals surface area (Å²) >= 11 is 0. The maximum atomic E-state index is 13.1. The second-order valence-corrected chi connectivity index (χ2v) is 15.8. The molecule has 5 rings (SSSR count). The van der Waals surface area contributed by atoms with Crippen LogP contribution in [0.15, 0.2) is 97.2 Å². The van der Waals surface area contributed by atoms with Crippen molar-refractivity contribution < 1.29 is 14.0 Å². The van der Waals surface area contributed by atoms with Crippen LogP contribution in [0.4, 0.5) is 0 Å². The summed E-state index contributed by atoms with van der Waals surface area (Å²) in [6, 6.07) is 31.6. The van der Waals surface area contributed by atoms with Gasteiger partial charge in [-0.1, -0.05) is 99.6 Å². The summed E-state index contributed by atoms with van der Waals surface area (Å²) in [6.07, 6.45) is 6.21. The van der Waals surface area contributed by atoms with Crippen molar-refractivity contribution in [1.29, 1.82) is 0 Å². The van der Waals surface area contributed by atoms with Crippen molar-refractivity contribution >= 4 is 35.5 Å². The van der Waals surface area contributed by atoms with Crippen LogP contribution in [0.5, 0.6) is 0 Å². The summed E-state index contributed by atoms with van der Waals surface area (Å²) in [5.74, 6) is 0.0976. The van der Waals surface area contributed by atoms with Crippen LogP contribution in [0, 0.1) is 0 Å². The Morgan fingerprint density at radius 3 is 2.13 bits per heavy atom. The molecular weight excluding hydrogens is 486 g/mol. The first-order valence-corrected chi connectivity index (χ1v) is 15.8. The van der Waals surface area contributed by atoms with Gasteiger partial charge in [-0.25, -0.2) is 0 Å². The number of hydrogen-bond donors (Lipinski definition) is 0. The van der Waals surface area contributed by atoms with Crippen LogP contribution >= 0.6 is 0 Å². The van der Waals surface area contributed by atoms with Gasteiger partial charge in [0.2, 0.25) is 5.91 Å². The van der Waals surface area contributed by atoms with E-state index in [1.807, 2.05) is 36.5 Å². The first kappa shape index (κ1) is 26.6. The molecule has 0 unspecified atom stereocenters. The predicted molar refractivity (Wildman–Crippen MR) is 158 cm³/mol. The molecule has 0 aliphatic carbocycles. The van der Waals surface area contributed by atoms with E-state index in [2.05, 4.69) is 81.4 Å². The van der Waals surface area contributed by atoms with Crippen LogP contribution in [0.25, 0.3) is 10.9 Å². The molecule has 38 heavy (non-hydrogen) atoms.